The SMILES string of the molecule is C[C@@H](Oc1ccccc1Cl)C(=O)NCc1cccc(CN2CCCCC2)c1. The third-order valence-corrected chi connectivity index (χ3v) is 5.13. The van der Waals surface area contributed by atoms with Gasteiger partial charge in [-0.15, -0.1) is 0 Å². The molecule has 1 atom stereocenters. The molecule has 0 radical (unpaired) electrons. The van der Waals surface area contributed by atoms with E-state index in [9.17, 15) is 4.79 Å². The van der Waals surface area contributed by atoms with E-state index in [-0.39, 0.29) is 5.91 Å². The second-order valence-electron chi connectivity index (χ2n) is 7.07. The largest absolute Gasteiger partial charge is 0.479 e. The molecule has 1 heterocycles. The lowest BCUT2D eigenvalue weighted by atomic mass is 10.1. The molecule has 0 aromatic heterocycles. The molecule has 27 heavy (non-hydrogen) atoms. The van der Waals surface area contributed by atoms with Crippen molar-refractivity contribution in [2.75, 3.05) is 13.1 Å². The van der Waals surface area contributed by atoms with Crippen LogP contribution in [0.3, 0.4) is 0 Å². The van der Waals surface area contributed by atoms with Gasteiger partial charge in [0.2, 0.25) is 0 Å². The van der Waals surface area contributed by atoms with Gasteiger partial charge in [0.1, 0.15) is 5.75 Å². The maximum atomic E-state index is 12.3. The molecule has 0 unspecified atom stereocenters. The number of carbonyl (C=O) groups excluding carboxylic acids is 1. The van der Waals surface area contributed by atoms with Crippen LogP contribution in [0.1, 0.15) is 37.3 Å². The van der Waals surface area contributed by atoms with Gasteiger partial charge in [0.15, 0.2) is 6.10 Å². The number of rotatable bonds is 7. The molecule has 4 nitrogen and oxygen atoms in total. The number of hydrogen-bond acceptors (Lipinski definition) is 3. The minimum absolute atomic E-state index is 0.156. The zero-order valence-electron chi connectivity index (χ0n) is 15.8. The Morgan fingerprint density at radius 3 is 2.63 bits per heavy atom. The van der Waals surface area contributed by atoms with E-state index in [2.05, 4.69) is 28.4 Å². The van der Waals surface area contributed by atoms with Gasteiger partial charge in [0, 0.05) is 13.1 Å². The number of ether oxygens (including phenoxy) is 1. The van der Waals surface area contributed by atoms with Gasteiger partial charge >= 0.3 is 0 Å². The average Bonchev–Trinajstić information content (AvgIpc) is 2.69. The number of halogens is 1. The number of hydrogen-bond donors (Lipinski definition) is 1. The first-order valence-electron chi connectivity index (χ1n) is 9.61. The van der Waals surface area contributed by atoms with E-state index in [1.807, 2.05) is 18.2 Å². The Morgan fingerprint density at radius 1 is 1.11 bits per heavy atom. The van der Waals surface area contributed by atoms with E-state index in [0.29, 0.717) is 17.3 Å². The fraction of sp³-hybridized carbons (Fsp3) is 0.409. The molecule has 1 saturated heterocycles. The maximum absolute atomic E-state index is 12.3. The smallest absolute Gasteiger partial charge is 0.261 e. The second kappa shape index (κ2) is 9.77. The number of para-hydroxylation sites is 1. The number of piperidine rings is 1. The topological polar surface area (TPSA) is 41.6 Å². The molecule has 0 aliphatic carbocycles. The first-order chi connectivity index (χ1) is 13.1. The Labute approximate surface area is 166 Å². The molecule has 0 bridgehead atoms. The van der Waals surface area contributed by atoms with Crippen LogP contribution in [0.15, 0.2) is 48.5 Å². The molecule has 1 fully saturated rings. The van der Waals surface area contributed by atoms with Crippen LogP contribution >= 0.6 is 11.6 Å². The number of amides is 1. The highest BCUT2D eigenvalue weighted by molar-refractivity contribution is 6.32. The maximum Gasteiger partial charge on any atom is 0.261 e. The summed E-state index contributed by atoms with van der Waals surface area (Å²) in [7, 11) is 0. The summed E-state index contributed by atoms with van der Waals surface area (Å²) in [4.78, 5) is 14.8. The summed E-state index contributed by atoms with van der Waals surface area (Å²) < 4.78 is 5.67. The van der Waals surface area contributed by atoms with E-state index in [1.165, 1.54) is 37.9 Å². The fourth-order valence-electron chi connectivity index (χ4n) is 3.33. The third-order valence-electron chi connectivity index (χ3n) is 4.82. The van der Waals surface area contributed by atoms with Gasteiger partial charge in [0.25, 0.3) is 5.91 Å². The highest BCUT2D eigenvalue weighted by Crippen LogP contribution is 2.24. The van der Waals surface area contributed by atoms with Crippen LogP contribution in [-0.2, 0) is 17.9 Å². The van der Waals surface area contributed by atoms with Crippen LogP contribution in [0.5, 0.6) is 5.75 Å². The lowest BCUT2D eigenvalue weighted by Gasteiger charge is -2.26. The molecular formula is C22H27ClN2O2. The second-order valence-corrected chi connectivity index (χ2v) is 7.47. The molecule has 144 valence electrons. The Bertz CT molecular complexity index is 759. The zero-order chi connectivity index (χ0) is 19.1. The molecule has 2 aromatic rings. The number of carbonyl (C=O) groups is 1. The highest BCUT2D eigenvalue weighted by atomic mass is 35.5. The first kappa shape index (κ1) is 19.7. The molecule has 0 spiro atoms. The van der Waals surface area contributed by atoms with Crippen molar-refractivity contribution in [3.05, 3.63) is 64.7 Å². The Kier molecular flexibility index (Phi) is 7.13. The van der Waals surface area contributed by atoms with Gasteiger partial charge in [-0.3, -0.25) is 9.69 Å². The van der Waals surface area contributed by atoms with Crippen molar-refractivity contribution in [2.24, 2.45) is 0 Å². The van der Waals surface area contributed by atoms with Gasteiger partial charge in [-0.05, 0) is 56.1 Å². The summed E-state index contributed by atoms with van der Waals surface area (Å²) in [6.45, 7) is 5.55. The third kappa shape index (κ3) is 5.98. The lowest BCUT2D eigenvalue weighted by molar-refractivity contribution is -0.127. The molecule has 3 rings (SSSR count). The van der Waals surface area contributed by atoms with E-state index in [4.69, 9.17) is 16.3 Å². The van der Waals surface area contributed by atoms with E-state index in [0.717, 1.165) is 12.1 Å². The van der Waals surface area contributed by atoms with Crippen molar-refractivity contribution in [2.45, 2.75) is 45.4 Å². The van der Waals surface area contributed by atoms with E-state index >= 15 is 0 Å². The van der Waals surface area contributed by atoms with Crippen LogP contribution in [0.25, 0.3) is 0 Å². The molecule has 0 saturated carbocycles. The number of nitrogens with one attached hydrogen (secondary N) is 1. The minimum Gasteiger partial charge on any atom is -0.479 e. The summed E-state index contributed by atoms with van der Waals surface area (Å²) in [5, 5.41) is 3.45. The van der Waals surface area contributed by atoms with Gasteiger partial charge in [-0.1, -0.05) is 54.4 Å². The summed E-state index contributed by atoms with van der Waals surface area (Å²) >= 11 is 6.08. The summed E-state index contributed by atoms with van der Waals surface area (Å²) in [5.41, 5.74) is 2.40. The van der Waals surface area contributed by atoms with Crippen LogP contribution in [-0.4, -0.2) is 30.0 Å². The molecule has 2 aromatic carbocycles. The van der Waals surface area contributed by atoms with Crippen molar-refractivity contribution in [3.63, 3.8) is 0 Å². The average molecular weight is 387 g/mol. The number of nitrogens with zero attached hydrogens (tertiary/aromatic N) is 1. The standard InChI is InChI=1S/C22H27ClN2O2/c1-17(27-21-11-4-3-10-20(21)23)22(26)24-15-18-8-7-9-19(14-18)16-25-12-5-2-6-13-25/h3-4,7-11,14,17H,2,5-6,12-13,15-16H2,1H3,(H,24,26)/t17-/m1/s1. The predicted octanol–water partition coefficient (Wildman–Crippen LogP) is 4.41. The molecule has 5 heteroatoms. The fourth-order valence-corrected chi connectivity index (χ4v) is 3.51. The molecule has 1 N–H and O–H groups in total. The summed E-state index contributed by atoms with van der Waals surface area (Å²) in [6.07, 6.45) is 3.32. The predicted molar refractivity (Wildman–Crippen MR) is 109 cm³/mol. The minimum atomic E-state index is -0.610. The van der Waals surface area contributed by atoms with E-state index in [1.54, 1.807) is 19.1 Å². The molecule has 1 aliphatic rings. The van der Waals surface area contributed by atoms with Crippen LogP contribution in [0, 0.1) is 0 Å². The Balaban J connectivity index is 1.50. The Morgan fingerprint density at radius 2 is 1.85 bits per heavy atom. The zero-order valence-corrected chi connectivity index (χ0v) is 16.5. The van der Waals surface area contributed by atoms with Crippen LogP contribution in [0.2, 0.25) is 5.02 Å². The number of likely N-dealkylation sites (tertiary alicyclic amines) is 1. The normalized spacial score (nSPS) is 15.9. The Hall–Kier alpha value is -2.04. The quantitative estimate of drug-likeness (QED) is 0.766. The van der Waals surface area contributed by atoms with Crippen LogP contribution in [0.4, 0.5) is 0 Å². The molecule has 1 aliphatic heterocycles. The van der Waals surface area contributed by atoms with Crippen LogP contribution < -0.4 is 10.1 Å². The molecular weight excluding hydrogens is 360 g/mol. The van der Waals surface area contributed by atoms with Gasteiger partial charge < -0.3 is 10.1 Å². The molecule has 1 amide bonds. The van der Waals surface area contributed by atoms with Crippen molar-refractivity contribution < 1.29 is 9.53 Å². The summed E-state index contributed by atoms with van der Waals surface area (Å²) in [5.74, 6) is 0.363. The van der Waals surface area contributed by atoms with Crippen molar-refractivity contribution in [1.82, 2.24) is 10.2 Å². The van der Waals surface area contributed by atoms with Gasteiger partial charge in [-0.25, -0.2) is 0 Å². The first-order valence-corrected chi connectivity index (χ1v) is 9.98. The summed E-state index contributed by atoms with van der Waals surface area (Å²) in [6, 6.07) is 15.6. The lowest BCUT2D eigenvalue weighted by Crippen LogP contribution is -2.36. The highest BCUT2D eigenvalue weighted by Gasteiger charge is 2.16. The monoisotopic (exact) mass is 386 g/mol. The van der Waals surface area contributed by atoms with Crippen molar-refractivity contribution in [1.29, 1.82) is 0 Å². The van der Waals surface area contributed by atoms with Gasteiger partial charge in [-0.2, -0.15) is 0 Å². The van der Waals surface area contributed by atoms with E-state index < -0.39 is 6.10 Å². The van der Waals surface area contributed by atoms with Crippen molar-refractivity contribution in [3.8, 4) is 5.75 Å². The van der Waals surface area contributed by atoms with Gasteiger partial charge in [0.05, 0.1) is 5.02 Å². The van der Waals surface area contributed by atoms with Crippen molar-refractivity contribution >= 4 is 17.5 Å². The number of benzene rings is 2.